The van der Waals surface area contributed by atoms with Crippen LogP contribution >= 0.6 is 11.6 Å². The van der Waals surface area contributed by atoms with E-state index in [0.717, 1.165) is 37.5 Å². The van der Waals surface area contributed by atoms with Gasteiger partial charge in [0, 0.05) is 18.9 Å². The first-order valence-corrected chi connectivity index (χ1v) is 14.9. The van der Waals surface area contributed by atoms with Crippen molar-refractivity contribution in [2.24, 2.45) is 5.41 Å². The minimum atomic E-state index is -3.67. The fourth-order valence-corrected chi connectivity index (χ4v) is 6.13. The predicted octanol–water partition coefficient (Wildman–Crippen LogP) is 6.75. The summed E-state index contributed by atoms with van der Waals surface area (Å²) in [5.74, 6) is -0.472. The normalized spacial score (nSPS) is 22.2. The van der Waals surface area contributed by atoms with E-state index in [4.69, 9.17) is 21.1 Å². The lowest BCUT2D eigenvalue weighted by Gasteiger charge is -2.34. The van der Waals surface area contributed by atoms with Crippen LogP contribution < -0.4 is 5.32 Å². The molecule has 2 aliphatic rings. The molecule has 0 saturated carbocycles. The van der Waals surface area contributed by atoms with Gasteiger partial charge < -0.3 is 14.8 Å². The second-order valence-corrected chi connectivity index (χ2v) is 13.2. The summed E-state index contributed by atoms with van der Waals surface area (Å²) in [6, 6.07) is 6.54. The summed E-state index contributed by atoms with van der Waals surface area (Å²) in [4.78, 5) is 8.56. The van der Waals surface area contributed by atoms with Crippen LogP contribution in [-0.2, 0) is 19.3 Å². The molecular weight excluding hydrogens is 538 g/mol. The van der Waals surface area contributed by atoms with Crippen LogP contribution in [0.5, 0.6) is 0 Å². The second kappa shape index (κ2) is 10.3. The fraction of sp³-hybridized carbons (Fsp3) is 0.538. The van der Waals surface area contributed by atoms with Crippen molar-refractivity contribution in [3.05, 3.63) is 40.8 Å². The van der Waals surface area contributed by atoms with Gasteiger partial charge >= 0.3 is 0 Å². The summed E-state index contributed by atoms with van der Waals surface area (Å²) in [6.45, 7) is 5.31. The van der Waals surface area contributed by atoms with Gasteiger partial charge in [-0.2, -0.15) is 0 Å². The van der Waals surface area contributed by atoms with E-state index in [2.05, 4.69) is 29.1 Å². The molecule has 4 heterocycles. The lowest BCUT2D eigenvalue weighted by atomic mass is 9.84. The van der Waals surface area contributed by atoms with Crippen molar-refractivity contribution in [3.63, 3.8) is 0 Å². The molecule has 2 unspecified atom stereocenters. The maximum Gasteiger partial charge on any atom is 0.295 e. The summed E-state index contributed by atoms with van der Waals surface area (Å²) in [5, 5.41) is 3.13. The Bertz CT molecular complexity index is 1450. The third kappa shape index (κ3) is 5.52. The van der Waals surface area contributed by atoms with Crippen molar-refractivity contribution in [3.8, 4) is 0 Å². The topological polar surface area (TPSA) is 95.3 Å². The lowest BCUT2D eigenvalue weighted by Crippen LogP contribution is -2.27. The second-order valence-electron chi connectivity index (χ2n) is 10.8. The number of benzene rings is 1. The Kier molecular flexibility index (Phi) is 7.40. The van der Waals surface area contributed by atoms with Crippen molar-refractivity contribution in [2.75, 3.05) is 24.8 Å². The first-order chi connectivity index (χ1) is 17.9. The highest BCUT2D eigenvalue weighted by Gasteiger charge is 2.31. The first kappa shape index (κ1) is 27.2. The SMILES string of the molecule is CC1(C)CCC(c2ccc(Nc3cc(Cl)nc4c3nc(C(F)F)n4C3CCCCO3)c(S(C)(=O)=O)c2)OC1. The minimum absolute atomic E-state index is 0.0496. The summed E-state index contributed by atoms with van der Waals surface area (Å²) in [6.07, 6.45) is 1.37. The molecule has 206 valence electrons. The molecule has 2 aromatic heterocycles. The molecule has 1 aromatic carbocycles. The van der Waals surface area contributed by atoms with Crippen molar-refractivity contribution in [1.29, 1.82) is 0 Å². The number of pyridine rings is 1. The Morgan fingerprint density at radius 2 is 1.92 bits per heavy atom. The molecule has 2 saturated heterocycles. The quantitative estimate of drug-likeness (QED) is 0.329. The number of aromatic nitrogens is 3. The van der Waals surface area contributed by atoms with Crippen LogP contribution in [0.15, 0.2) is 29.2 Å². The standard InChI is InChI=1S/C26H31ClF2N4O4S/c1-26(2)10-9-18(37-14-26)15-7-8-16(19(12-15)38(3,34)35)30-17-13-20(27)31-24-22(17)32-25(23(28)29)33(24)21-6-4-5-11-36-21/h7-8,12-13,18,21,23H,4-6,9-11,14H2,1-3H3,(H,30,31). The molecule has 3 aromatic rings. The van der Waals surface area contributed by atoms with Crippen LogP contribution in [0.3, 0.4) is 0 Å². The molecule has 12 heteroatoms. The maximum atomic E-state index is 14.1. The average molecular weight is 569 g/mol. The Hall–Kier alpha value is -2.34. The zero-order valence-corrected chi connectivity index (χ0v) is 23.1. The van der Waals surface area contributed by atoms with Gasteiger partial charge in [0.05, 0.1) is 29.0 Å². The van der Waals surface area contributed by atoms with Crippen LogP contribution in [0.25, 0.3) is 11.2 Å². The number of nitrogens with one attached hydrogen (secondary N) is 1. The molecule has 0 bridgehead atoms. The molecule has 38 heavy (non-hydrogen) atoms. The van der Waals surface area contributed by atoms with E-state index in [1.165, 1.54) is 10.6 Å². The van der Waals surface area contributed by atoms with Gasteiger partial charge in [0.25, 0.3) is 6.43 Å². The van der Waals surface area contributed by atoms with Gasteiger partial charge in [0.15, 0.2) is 21.3 Å². The molecule has 1 N–H and O–H groups in total. The smallest absolute Gasteiger partial charge is 0.295 e. The Labute approximate surface area is 225 Å². The number of hydrogen-bond donors (Lipinski definition) is 1. The van der Waals surface area contributed by atoms with Gasteiger partial charge in [-0.05, 0) is 55.2 Å². The number of fused-ring (bicyclic) bond motifs is 1. The van der Waals surface area contributed by atoms with Crippen LogP contribution in [-0.4, -0.2) is 42.4 Å². The molecule has 0 radical (unpaired) electrons. The zero-order valence-electron chi connectivity index (χ0n) is 21.5. The lowest BCUT2D eigenvalue weighted by molar-refractivity contribution is -0.0499. The molecule has 2 atom stereocenters. The number of ether oxygens (including phenoxy) is 2. The summed E-state index contributed by atoms with van der Waals surface area (Å²) in [7, 11) is -3.67. The molecule has 5 rings (SSSR count). The number of hydrogen-bond acceptors (Lipinski definition) is 7. The predicted molar refractivity (Wildman–Crippen MR) is 141 cm³/mol. The monoisotopic (exact) mass is 568 g/mol. The Morgan fingerprint density at radius 1 is 1.13 bits per heavy atom. The number of rotatable bonds is 6. The fourth-order valence-electron chi connectivity index (χ4n) is 5.07. The Morgan fingerprint density at radius 3 is 2.55 bits per heavy atom. The largest absolute Gasteiger partial charge is 0.373 e. The van der Waals surface area contributed by atoms with Crippen LogP contribution in [0.4, 0.5) is 20.2 Å². The highest BCUT2D eigenvalue weighted by molar-refractivity contribution is 7.90. The van der Waals surface area contributed by atoms with Gasteiger partial charge in [-0.25, -0.2) is 27.2 Å². The summed E-state index contributed by atoms with van der Waals surface area (Å²) < 4.78 is 66.8. The van der Waals surface area contributed by atoms with Gasteiger partial charge in [-0.3, -0.25) is 4.57 Å². The van der Waals surface area contributed by atoms with Crippen molar-refractivity contribution < 1.29 is 26.7 Å². The Balaban J connectivity index is 1.56. The van der Waals surface area contributed by atoms with Gasteiger partial charge in [-0.1, -0.05) is 31.5 Å². The summed E-state index contributed by atoms with van der Waals surface area (Å²) in [5.41, 5.74) is 1.69. The summed E-state index contributed by atoms with van der Waals surface area (Å²) >= 11 is 6.31. The third-order valence-electron chi connectivity index (χ3n) is 7.09. The zero-order chi connectivity index (χ0) is 27.2. The number of anilines is 2. The van der Waals surface area contributed by atoms with Crippen molar-refractivity contribution in [2.45, 2.75) is 69.6 Å². The minimum Gasteiger partial charge on any atom is -0.373 e. The number of sulfone groups is 1. The first-order valence-electron chi connectivity index (χ1n) is 12.6. The van der Waals surface area contributed by atoms with Crippen molar-refractivity contribution >= 4 is 44.0 Å². The highest BCUT2D eigenvalue weighted by atomic mass is 35.5. The average Bonchev–Trinajstić information content (AvgIpc) is 3.24. The number of imidazole rings is 1. The molecular formula is C26H31ClF2N4O4S. The van der Waals surface area contributed by atoms with E-state index >= 15 is 0 Å². The number of nitrogens with zero attached hydrogens (tertiary/aromatic N) is 3. The van der Waals surface area contributed by atoms with E-state index < -0.39 is 28.3 Å². The molecule has 8 nitrogen and oxygen atoms in total. The van der Waals surface area contributed by atoms with E-state index in [0.29, 0.717) is 19.6 Å². The third-order valence-corrected chi connectivity index (χ3v) is 8.42. The van der Waals surface area contributed by atoms with Gasteiger partial charge in [-0.15, -0.1) is 0 Å². The number of alkyl halides is 2. The van der Waals surface area contributed by atoms with E-state index in [1.54, 1.807) is 12.1 Å². The van der Waals surface area contributed by atoms with Crippen LogP contribution in [0, 0.1) is 5.41 Å². The van der Waals surface area contributed by atoms with Gasteiger partial charge in [0.2, 0.25) is 0 Å². The number of halogens is 3. The molecule has 0 spiro atoms. The molecule has 2 aliphatic heterocycles. The van der Waals surface area contributed by atoms with E-state index in [-0.39, 0.29) is 44.1 Å². The maximum absolute atomic E-state index is 14.1. The molecule has 2 fully saturated rings. The highest BCUT2D eigenvalue weighted by Crippen LogP contribution is 2.40. The van der Waals surface area contributed by atoms with Crippen molar-refractivity contribution in [1.82, 2.24) is 14.5 Å². The van der Waals surface area contributed by atoms with Crippen LogP contribution in [0.2, 0.25) is 5.15 Å². The van der Waals surface area contributed by atoms with Crippen LogP contribution in [0.1, 0.15) is 76.1 Å². The van der Waals surface area contributed by atoms with E-state index in [1.807, 2.05) is 6.07 Å². The van der Waals surface area contributed by atoms with E-state index in [9.17, 15) is 17.2 Å². The molecule has 0 aliphatic carbocycles. The molecule has 0 amide bonds. The van der Waals surface area contributed by atoms with Gasteiger partial charge in [0.1, 0.15) is 16.9 Å².